The van der Waals surface area contributed by atoms with Crippen molar-refractivity contribution >= 4 is 5.82 Å². The Morgan fingerprint density at radius 1 is 1.19 bits per heavy atom. The normalized spacial score (nSPS) is 10.4. The van der Waals surface area contributed by atoms with Crippen molar-refractivity contribution in [1.29, 1.82) is 0 Å². The standard InChI is InChI=1S/C11H14N4O/c1-7-4-5-10(15-14-7)12-6-11-13-8(2)9(3)16-11/h4-5H,6H2,1-3H3,(H,12,15). The largest absolute Gasteiger partial charge is 0.444 e. The molecule has 1 N–H and O–H groups in total. The summed E-state index contributed by atoms with van der Waals surface area (Å²) in [5.74, 6) is 2.24. The number of rotatable bonds is 3. The number of nitrogens with zero attached hydrogens (tertiary/aromatic N) is 3. The number of hydrogen-bond donors (Lipinski definition) is 1. The fourth-order valence-electron chi connectivity index (χ4n) is 1.27. The van der Waals surface area contributed by atoms with Gasteiger partial charge in [0.25, 0.3) is 0 Å². The van der Waals surface area contributed by atoms with Gasteiger partial charge in [-0.2, -0.15) is 5.10 Å². The first-order valence-corrected chi connectivity index (χ1v) is 5.12. The lowest BCUT2D eigenvalue weighted by Gasteiger charge is -2.01. The van der Waals surface area contributed by atoms with E-state index in [0.29, 0.717) is 12.4 Å². The third kappa shape index (κ3) is 2.36. The van der Waals surface area contributed by atoms with Crippen LogP contribution in [0.2, 0.25) is 0 Å². The molecule has 0 aliphatic carbocycles. The van der Waals surface area contributed by atoms with E-state index in [-0.39, 0.29) is 0 Å². The van der Waals surface area contributed by atoms with Gasteiger partial charge in [0, 0.05) is 0 Å². The molecule has 84 valence electrons. The minimum atomic E-state index is 0.520. The van der Waals surface area contributed by atoms with Gasteiger partial charge in [0.05, 0.1) is 17.9 Å². The molecule has 16 heavy (non-hydrogen) atoms. The summed E-state index contributed by atoms with van der Waals surface area (Å²) < 4.78 is 5.44. The summed E-state index contributed by atoms with van der Waals surface area (Å²) in [4.78, 5) is 4.27. The molecule has 0 bridgehead atoms. The highest BCUT2D eigenvalue weighted by Gasteiger charge is 2.05. The van der Waals surface area contributed by atoms with Gasteiger partial charge in [-0.05, 0) is 32.9 Å². The van der Waals surface area contributed by atoms with E-state index >= 15 is 0 Å². The van der Waals surface area contributed by atoms with Crippen molar-refractivity contribution in [1.82, 2.24) is 15.2 Å². The number of aromatic nitrogens is 3. The second-order valence-corrected chi connectivity index (χ2v) is 3.66. The predicted molar refractivity (Wildman–Crippen MR) is 60.1 cm³/mol. The molecule has 0 radical (unpaired) electrons. The molecule has 2 aromatic heterocycles. The van der Waals surface area contributed by atoms with Crippen LogP contribution in [0.5, 0.6) is 0 Å². The first kappa shape index (κ1) is 10.6. The van der Waals surface area contributed by atoms with Crippen molar-refractivity contribution in [2.75, 3.05) is 5.32 Å². The quantitative estimate of drug-likeness (QED) is 0.853. The maximum absolute atomic E-state index is 5.44. The van der Waals surface area contributed by atoms with Crippen molar-refractivity contribution in [3.8, 4) is 0 Å². The summed E-state index contributed by atoms with van der Waals surface area (Å²) in [6, 6.07) is 3.78. The summed E-state index contributed by atoms with van der Waals surface area (Å²) in [5.41, 5.74) is 1.82. The first-order chi connectivity index (χ1) is 7.65. The van der Waals surface area contributed by atoms with E-state index in [0.717, 1.165) is 23.0 Å². The van der Waals surface area contributed by atoms with E-state index < -0.39 is 0 Å². The van der Waals surface area contributed by atoms with Crippen LogP contribution in [0.25, 0.3) is 0 Å². The highest BCUT2D eigenvalue weighted by molar-refractivity contribution is 5.32. The molecule has 2 aromatic rings. The molecule has 5 nitrogen and oxygen atoms in total. The molecule has 0 fully saturated rings. The molecule has 0 aromatic carbocycles. The maximum Gasteiger partial charge on any atom is 0.213 e. The van der Waals surface area contributed by atoms with Gasteiger partial charge in [-0.15, -0.1) is 5.10 Å². The number of hydrogen-bond acceptors (Lipinski definition) is 5. The highest BCUT2D eigenvalue weighted by Crippen LogP contribution is 2.10. The lowest BCUT2D eigenvalue weighted by Crippen LogP contribution is -2.02. The van der Waals surface area contributed by atoms with E-state index in [1.165, 1.54) is 0 Å². The minimum Gasteiger partial charge on any atom is -0.444 e. The molecule has 0 unspecified atom stereocenters. The number of nitrogens with one attached hydrogen (secondary N) is 1. The van der Waals surface area contributed by atoms with Crippen molar-refractivity contribution in [2.45, 2.75) is 27.3 Å². The van der Waals surface area contributed by atoms with Crippen LogP contribution in [0.15, 0.2) is 16.5 Å². The molecule has 5 heteroatoms. The second kappa shape index (κ2) is 4.30. The Labute approximate surface area is 93.9 Å². The van der Waals surface area contributed by atoms with Gasteiger partial charge >= 0.3 is 0 Å². The number of aryl methyl sites for hydroxylation is 3. The Kier molecular flexibility index (Phi) is 2.85. The second-order valence-electron chi connectivity index (χ2n) is 3.66. The van der Waals surface area contributed by atoms with E-state index in [1.807, 2.05) is 32.9 Å². The number of oxazole rings is 1. The minimum absolute atomic E-state index is 0.520. The zero-order valence-corrected chi connectivity index (χ0v) is 9.61. The molecule has 0 saturated carbocycles. The van der Waals surface area contributed by atoms with E-state index in [2.05, 4.69) is 20.5 Å². The maximum atomic E-state index is 5.44. The topological polar surface area (TPSA) is 63.8 Å². The Hall–Kier alpha value is -1.91. The van der Waals surface area contributed by atoms with Crippen molar-refractivity contribution in [3.63, 3.8) is 0 Å². The Bertz CT molecular complexity index is 456. The zero-order valence-electron chi connectivity index (χ0n) is 9.61. The third-order valence-electron chi connectivity index (χ3n) is 2.29. The van der Waals surface area contributed by atoms with Crippen LogP contribution < -0.4 is 5.32 Å². The molecule has 2 rings (SSSR count). The average Bonchev–Trinajstić information content (AvgIpc) is 2.58. The fourth-order valence-corrected chi connectivity index (χ4v) is 1.27. The van der Waals surface area contributed by atoms with Crippen molar-refractivity contribution < 1.29 is 4.42 Å². The monoisotopic (exact) mass is 218 g/mol. The van der Waals surface area contributed by atoms with Crippen molar-refractivity contribution in [3.05, 3.63) is 35.2 Å². The average molecular weight is 218 g/mol. The van der Waals surface area contributed by atoms with Crippen LogP contribution >= 0.6 is 0 Å². The number of anilines is 1. The molecule has 0 aliphatic rings. The van der Waals surface area contributed by atoms with Crippen LogP contribution in [-0.4, -0.2) is 15.2 Å². The van der Waals surface area contributed by atoms with Crippen molar-refractivity contribution in [2.24, 2.45) is 0 Å². The van der Waals surface area contributed by atoms with Gasteiger partial charge < -0.3 is 9.73 Å². The van der Waals surface area contributed by atoms with Gasteiger partial charge in [0.2, 0.25) is 5.89 Å². The first-order valence-electron chi connectivity index (χ1n) is 5.12. The molecule has 0 saturated heterocycles. The Morgan fingerprint density at radius 3 is 2.56 bits per heavy atom. The van der Waals surface area contributed by atoms with Crippen LogP contribution in [0.1, 0.15) is 23.0 Å². The smallest absolute Gasteiger partial charge is 0.213 e. The Morgan fingerprint density at radius 2 is 2.00 bits per heavy atom. The lowest BCUT2D eigenvalue weighted by atomic mass is 10.4. The van der Waals surface area contributed by atoms with E-state index in [4.69, 9.17) is 4.42 Å². The van der Waals surface area contributed by atoms with Crippen LogP contribution in [0.3, 0.4) is 0 Å². The van der Waals surface area contributed by atoms with Crippen LogP contribution in [0.4, 0.5) is 5.82 Å². The van der Waals surface area contributed by atoms with Gasteiger partial charge in [0.15, 0.2) is 0 Å². The lowest BCUT2D eigenvalue weighted by molar-refractivity contribution is 0.478. The molecule has 0 atom stereocenters. The summed E-state index contributed by atoms with van der Waals surface area (Å²) >= 11 is 0. The predicted octanol–water partition coefficient (Wildman–Crippen LogP) is 2.00. The summed E-state index contributed by atoms with van der Waals surface area (Å²) in [7, 11) is 0. The van der Waals surface area contributed by atoms with Gasteiger partial charge in [-0.25, -0.2) is 4.98 Å². The third-order valence-corrected chi connectivity index (χ3v) is 2.29. The Balaban J connectivity index is 1.99. The summed E-state index contributed by atoms with van der Waals surface area (Å²) in [6.45, 7) is 6.25. The molecular weight excluding hydrogens is 204 g/mol. The van der Waals surface area contributed by atoms with Gasteiger partial charge in [-0.3, -0.25) is 0 Å². The SMILES string of the molecule is Cc1ccc(NCc2nc(C)c(C)o2)nn1. The zero-order chi connectivity index (χ0) is 11.5. The fraction of sp³-hybridized carbons (Fsp3) is 0.364. The highest BCUT2D eigenvalue weighted by atomic mass is 16.4. The molecular formula is C11H14N4O. The van der Waals surface area contributed by atoms with E-state index in [1.54, 1.807) is 0 Å². The van der Waals surface area contributed by atoms with Crippen LogP contribution in [-0.2, 0) is 6.54 Å². The van der Waals surface area contributed by atoms with Gasteiger partial charge in [-0.1, -0.05) is 0 Å². The molecule has 0 aliphatic heterocycles. The molecule has 2 heterocycles. The summed E-state index contributed by atoms with van der Waals surface area (Å²) in [5, 5.41) is 11.0. The van der Waals surface area contributed by atoms with E-state index in [9.17, 15) is 0 Å². The molecule has 0 spiro atoms. The van der Waals surface area contributed by atoms with Crippen LogP contribution in [0, 0.1) is 20.8 Å². The molecule has 0 amide bonds. The summed E-state index contributed by atoms with van der Waals surface area (Å²) in [6.07, 6.45) is 0. The van der Waals surface area contributed by atoms with Gasteiger partial charge in [0.1, 0.15) is 11.6 Å².